The van der Waals surface area contributed by atoms with E-state index in [-0.39, 0.29) is 29.9 Å². The van der Waals surface area contributed by atoms with Crippen molar-refractivity contribution in [1.29, 1.82) is 0 Å². The summed E-state index contributed by atoms with van der Waals surface area (Å²) in [6.45, 7) is 2.13. The third kappa shape index (κ3) is 9.97. The topological polar surface area (TPSA) is 40.5 Å². The number of ether oxygens (including phenoxy) is 2. The molecular formula is C34H43IN2O3. The van der Waals surface area contributed by atoms with E-state index in [2.05, 4.69) is 80.4 Å². The minimum Gasteiger partial charge on any atom is -1.00 e. The van der Waals surface area contributed by atoms with Crippen molar-refractivity contribution in [3.63, 3.8) is 0 Å². The number of carbonyl (C=O) groups excluding carboxylic acids is 1. The Bertz CT molecular complexity index is 1310. The minimum atomic E-state index is -0.137. The van der Waals surface area contributed by atoms with E-state index in [1.165, 1.54) is 41.4 Å². The molecule has 0 unspecified atom stereocenters. The lowest BCUT2D eigenvalue weighted by atomic mass is 10.1. The average Bonchev–Trinajstić information content (AvgIpc) is 3.33. The highest BCUT2D eigenvalue weighted by Crippen LogP contribution is 2.23. The van der Waals surface area contributed by atoms with Crippen LogP contribution >= 0.6 is 0 Å². The van der Waals surface area contributed by atoms with Crippen molar-refractivity contribution in [3.05, 3.63) is 96.2 Å². The summed E-state index contributed by atoms with van der Waals surface area (Å²) < 4.78 is 14.5. The predicted molar refractivity (Wildman–Crippen MR) is 161 cm³/mol. The molecule has 0 saturated heterocycles. The molecule has 0 aliphatic heterocycles. The highest BCUT2D eigenvalue weighted by atomic mass is 127. The molecular weight excluding hydrogens is 611 g/mol. The van der Waals surface area contributed by atoms with E-state index in [1.54, 1.807) is 0 Å². The van der Waals surface area contributed by atoms with Crippen molar-refractivity contribution in [2.24, 2.45) is 0 Å². The van der Waals surface area contributed by atoms with E-state index < -0.39 is 0 Å². The normalized spacial score (nSPS) is 11.3. The summed E-state index contributed by atoms with van der Waals surface area (Å²) in [4.78, 5) is 12.1. The van der Waals surface area contributed by atoms with E-state index in [0.29, 0.717) is 19.6 Å². The first-order valence-corrected chi connectivity index (χ1v) is 14.2. The predicted octanol–water partition coefficient (Wildman–Crippen LogP) is 4.55. The lowest BCUT2D eigenvalue weighted by Crippen LogP contribution is -3.00. The maximum absolute atomic E-state index is 12.1. The van der Waals surface area contributed by atoms with Crippen LogP contribution in [0.15, 0.2) is 85.1 Å². The van der Waals surface area contributed by atoms with Crippen LogP contribution in [0.3, 0.4) is 0 Å². The number of hydrogen-bond donors (Lipinski definition) is 0. The van der Waals surface area contributed by atoms with Crippen molar-refractivity contribution in [3.8, 4) is 5.75 Å². The number of aromatic nitrogens is 1. The van der Waals surface area contributed by atoms with Crippen molar-refractivity contribution in [1.82, 2.24) is 9.05 Å². The largest absolute Gasteiger partial charge is 1.00 e. The minimum absolute atomic E-state index is 0. The molecule has 0 amide bonds. The Kier molecular flexibility index (Phi) is 12.5. The summed E-state index contributed by atoms with van der Waals surface area (Å²) >= 11 is 0. The van der Waals surface area contributed by atoms with Gasteiger partial charge in [-0.05, 0) is 60.4 Å². The Balaban J connectivity index is 0.00000441. The summed E-state index contributed by atoms with van der Waals surface area (Å²) in [5, 5.41) is 1.22. The molecule has 0 spiro atoms. The Morgan fingerprint density at radius 3 is 2.20 bits per heavy atom. The summed E-state index contributed by atoms with van der Waals surface area (Å²) in [5.74, 6) is 0.769. The second-order valence-electron chi connectivity index (χ2n) is 11.2. The fraction of sp³-hybridized carbons (Fsp3) is 0.382. The van der Waals surface area contributed by atoms with Crippen LogP contribution in [0.5, 0.6) is 5.75 Å². The van der Waals surface area contributed by atoms with Crippen molar-refractivity contribution >= 4 is 22.6 Å². The molecule has 4 aromatic rings. The Morgan fingerprint density at radius 2 is 1.48 bits per heavy atom. The Labute approximate surface area is 256 Å². The van der Waals surface area contributed by atoms with Gasteiger partial charge in [-0.15, -0.1) is 0 Å². The van der Waals surface area contributed by atoms with Gasteiger partial charge in [0.2, 0.25) is 0 Å². The summed E-state index contributed by atoms with van der Waals surface area (Å²) in [5.41, 5.74) is 4.65. The van der Waals surface area contributed by atoms with Gasteiger partial charge in [-0.3, -0.25) is 9.28 Å². The maximum Gasteiger partial charge on any atom is 0.310 e. The van der Waals surface area contributed by atoms with Gasteiger partial charge in [-0.1, -0.05) is 68.1 Å². The van der Waals surface area contributed by atoms with Crippen LogP contribution in [-0.2, 0) is 29.1 Å². The number of carbonyl (C=O) groups is 1. The van der Waals surface area contributed by atoms with Crippen molar-refractivity contribution in [2.45, 2.75) is 58.1 Å². The van der Waals surface area contributed by atoms with Crippen LogP contribution in [0.1, 0.15) is 49.7 Å². The van der Waals surface area contributed by atoms with Crippen LogP contribution in [-0.4, -0.2) is 38.3 Å². The third-order valence-electron chi connectivity index (χ3n) is 7.11. The molecule has 40 heavy (non-hydrogen) atoms. The van der Waals surface area contributed by atoms with Gasteiger partial charge in [-0.25, -0.2) is 0 Å². The second-order valence-corrected chi connectivity index (χ2v) is 11.2. The number of hydrogen-bond acceptors (Lipinski definition) is 3. The number of esters is 1. The molecule has 5 nitrogen and oxygen atoms in total. The Morgan fingerprint density at radius 1 is 0.775 bits per heavy atom. The van der Waals surface area contributed by atoms with E-state index >= 15 is 0 Å². The number of nitrogens with zero attached hydrogens (tertiary/aromatic N) is 2. The van der Waals surface area contributed by atoms with E-state index in [9.17, 15) is 4.79 Å². The monoisotopic (exact) mass is 654 g/mol. The number of halogens is 1. The first-order valence-electron chi connectivity index (χ1n) is 14.2. The summed E-state index contributed by atoms with van der Waals surface area (Å²) in [6.07, 6.45) is 9.32. The Hall–Kier alpha value is -2.84. The van der Waals surface area contributed by atoms with E-state index in [0.717, 1.165) is 41.6 Å². The van der Waals surface area contributed by atoms with Crippen LogP contribution in [0.25, 0.3) is 10.9 Å². The zero-order valence-corrected chi connectivity index (χ0v) is 26.3. The molecule has 0 aliphatic rings. The van der Waals surface area contributed by atoms with Crippen LogP contribution in [0.2, 0.25) is 0 Å². The molecule has 0 N–H and O–H groups in total. The third-order valence-corrected chi connectivity index (χ3v) is 7.11. The number of aryl methyl sites for hydroxylation is 1. The molecule has 0 fully saturated rings. The van der Waals surface area contributed by atoms with Crippen LogP contribution < -0.4 is 33.2 Å². The number of rotatable bonds is 15. The zero-order valence-electron chi connectivity index (χ0n) is 24.2. The average molecular weight is 655 g/mol. The maximum atomic E-state index is 12.1. The van der Waals surface area contributed by atoms with Crippen molar-refractivity contribution < 1.29 is 38.2 Å². The van der Waals surface area contributed by atoms with Crippen molar-refractivity contribution in [2.75, 3.05) is 27.7 Å². The molecule has 0 radical (unpaired) electrons. The number of unbranched alkanes of at least 4 members (excludes halogenated alkanes) is 5. The van der Waals surface area contributed by atoms with Gasteiger partial charge in [0.25, 0.3) is 0 Å². The van der Waals surface area contributed by atoms with E-state index in [1.807, 2.05) is 30.3 Å². The fourth-order valence-corrected chi connectivity index (χ4v) is 4.76. The number of benzene rings is 3. The van der Waals surface area contributed by atoms with Gasteiger partial charge in [0.05, 0.1) is 34.2 Å². The fourth-order valence-electron chi connectivity index (χ4n) is 4.76. The zero-order chi connectivity index (χ0) is 27.5. The van der Waals surface area contributed by atoms with E-state index in [4.69, 9.17) is 9.47 Å². The molecule has 0 aliphatic carbocycles. The number of quaternary nitrogens is 1. The molecule has 1 aromatic heterocycles. The van der Waals surface area contributed by atoms with Gasteiger partial charge in [0, 0.05) is 23.6 Å². The number of fused-ring (bicyclic) bond motifs is 1. The molecule has 214 valence electrons. The van der Waals surface area contributed by atoms with Crippen LogP contribution in [0.4, 0.5) is 5.69 Å². The first-order chi connectivity index (χ1) is 18.9. The highest BCUT2D eigenvalue weighted by molar-refractivity contribution is 5.81. The first kappa shape index (κ1) is 31.7. The molecule has 6 heteroatoms. The molecule has 0 atom stereocenters. The van der Waals surface area contributed by atoms with Gasteiger partial charge in [0.15, 0.2) is 0 Å². The SMILES string of the molecule is C[N+](C)(C)c1ccc(CC(=O)OCCCCCCCCn2ccc3cc(OCc4ccccc4)ccc32)cc1.[I-]. The standard InChI is InChI=1S/C34H43N2O3.HI/c1-36(2,3)31-17-15-28(16-18-31)25-34(37)38-24-12-7-5-4-6-11-22-35-23-21-30-26-32(19-20-33(30)35)39-27-29-13-9-8-10-14-29;/h8-10,13-21,23,26H,4-7,11-12,22,24-25,27H2,1-3H3;1H/q+1;/p-1. The molecule has 4 rings (SSSR count). The quantitative estimate of drug-likeness (QED) is 0.0819. The highest BCUT2D eigenvalue weighted by Gasteiger charge is 2.12. The lowest BCUT2D eigenvalue weighted by molar-refractivity contribution is -0.142. The second kappa shape index (κ2) is 15.8. The lowest BCUT2D eigenvalue weighted by Gasteiger charge is -2.23. The summed E-state index contributed by atoms with van der Waals surface area (Å²) in [6, 6.07) is 27.0. The van der Waals surface area contributed by atoms with Gasteiger partial charge < -0.3 is 38.0 Å². The van der Waals surface area contributed by atoms with Gasteiger partial charge in [0.1, 0.15) is 18.0 Å². The van der Waals surface area contributed by atoms with Gasteiger partial charge in [-0.2, -0.15) is 0 Å². The summed E-state index contributed by atoms with van der Waals surface area (Å²) in [7, 11) is 6.39. The molecule has 1 heterocycles. The smallest absolute Gasteiger partial charge is 0.310 e. The molecule has 0 bridgehead atoms. The van der Waals surface area contributed by atoms with Crippen LogP contribution in [0, 0.1) is 0 Å². The molecule has 3 aromatic carbocycles. The molecule has 0 saturated carbocycles. The van der Waals surface area contributed by atoms with Gasteiger partial charge >= 0.3 is 5.97 Å².